The second-order valence-corrected chi connectivity index (χ2v) is 12.6. The predicted molar refractivity (Wildman–Crippen MR) is 162 cm³/mol. The number of hydrogen-bond acceptors (Lipinski definition) is 4. The molecule has 7 atom stereocenters. The van der Waals surface area contributed by atoms with Gasteiger partial charge in [0.1, 0.15) is 23.7 Å². The largest absolute Gasteiger partial charge is 0.494 e. The lowest BCUT2D eigenvalue weighted by atomic mass is 9.65. The number of rotatable bonds is 3. The molecule has 7 unspecified atom stereocenters. The number of hydrogen-bond donors (Lipinski definition) is 0. The minimum atomic E-state index is -0.359. The summed E-state index contributed by atoms with van der Waals surface area (Å²) in [5, 5.41) is 20.4. The fourth-order valence-corrected chi connectivity index (χ4v) is 8.43. The van der Waals surface area contributed by atoms with Crippen molar-refractivity contribution < 1.29 is 9.47 Å². The number of allylic oxidation sites excluding steroid dienone is 11. The van der Waals surface area contributed by atoms with E-state index in [2.05, 4.69) is 72.9 Å². The minimum absolute atomic E-state index is 0.0207. The third-order valence-electron chi connectivity index (χ3n) is 10.4. The van der Waals surface area contributed by atoms with Crippen molar-refractivity contribution >= 4 is 5.57 Å². The number of ether oxygens (including phenoxy) is 2. The Balaban J connectivity index is 1.22. The van der Waals surface area contributed by atoms with Crippen LogP contribution in [0, 0.1) is 52.3 Å². The van der Waals surface area contributed by atoms with E-state index in [1.165, 1.54) is 22.5 Å². The summed E-state index contributed by atoms with van der Waals surface area (Å²) in [6, 6.07) is 12.7. The summed E-state index contributed by atoms with van der Waals surface area (Å²) < 4.78 is 13.0. The summed E-state index contributed by atoms with van der Waals surface area (Å²) in [6.45, 7) is 0. The first-order valence-corrected chi connectivity index (χ1v) is 15.6. The summed E-state index contributed by atoms with van der Waals surface area (Å²) in [6.07, 6.45) is 28.2. The van der Waals surface area contributed by atoms with E-state index < -0.39 is 0 Å². The third-order valence-corrected chi connectivity index (χ3v) is 10.4. The van der Waals surface area contributed by atoms with Crippen molar-refractivity contribution in [3.05, 3.63) is 124 Å². The monoisotopic (exact) mass is 550 g/mol. The zero-order valence-corrected chi connectivity index (χ0v) is 23.7. The van der Waals surface area contributed by atoms with E-state index in [-0.39, 0.29) is 30.0 Å². The van der Waals surface area contributed by atoms with Crippen LogP contribution in [0.1, 0.15) is 56.1 Å². The number of nitrogens with zero attached hydrogens (tertiary/aromatic N) is 2. The van der Waals surface area contributed by atoms with E-state index in [9.17, 15) is 10.5 Å². The van der Waals surface area contributed by atoms with E-state index in [1.807, 2.05) is 18.2 Å². The molecule has 4 nitrogen and oxygen atoms in total. The van der Waals surface area contributed by atoms with Crippen molar-refractivity contribution in [3.63, 3.8) is 0 Å². The summed E-state index contributed by atoms with van der Waals surface area (Å²) in [5.41, 5.74) is 7.83. The van der Waals surface area contributed by atoms with Crippen molar-refractivity contribution in [1.82, 2.24) is 0 Å². The zero-order valence-electron chi connectivity index (χ0n) is 23.7. The lowest BCUT2D eigenvalue weighted by Crippen LogP contribution is -2.33. The first-order chi connectivity index (χ1) is 20.7. The van der Waals surface area contributed by atoms with E-state index >= 15 is 0 Å². The van der Waals surface area contributed by atoms with E-state index in [4.69, 9.17) is 9.47 Å². The Hall–Kier alpha value is -4.28. The molecule has 1 aromatic rings. The van der Waals surface area contributed by atoms with Gasteiger partial charge in [0.25, 0.3) is 0 Å². The maximum Gasteiger partial charge on any atom is 0.128 e. The lowest BCUT2D eigenvalue weighted by Gasteiger charge is -2.38. The molecule has 0 amide bonds. The normalized spacial score (nSPS) is 34.0. The molecule has 0 N–H and O–H groups in total. The van der Waals surface area contributed by atoms with Crippen molar-refractivity contribution in [2.45, 2.75) is 57.2 Å². The smallest absolute Gasteiger partial charge is 0.128 e. The van der Waals surface area contributed by atoms with E-state index in [0.717, 1.165) is 67.4 Å². The van der Waals surface area contributed by atoms with Gasteiger partial charge in [0.15, 0.2) is 0 Å². The van der Waals surface area contributed by atoms with Crippen LogP contribution in [0.3, 0.4) is 0 Å². The molecule has 0 aromatic heterocycles. The van der Waals surface area contributed by atoms with Crippen LogP contribution < -0.4 is 0 Å². The fraction of sp³-hybridized carbons (Fsp3) is 0.368. The molecule has 8 rings (SSSR count). The summed E-state index contributed by atoms with van der Waals surface area (Å²) in [4.78, 5) is 0. The Bertz CT molecular complexity index is 1680. The molecule has 208 valence electrons. The molecular weight excluding hydrogens is 516 g/mol. The Morgan fingerprint density at radius 1 is 0.881 bits per heavy atom. The van der Waals surface area contributed by atoms with Gasteiger partial charge in [-0.25, -0.2) is 0 Å². The number of nitriles is 2. The highest BCUT2D eigenvalue weighted by Gasteiger charge is 2.46. The maximum absolute atomic E-state index is 10.7. The van der Waals surface area contributed by atoms with Gasteiger partial charge in [-0.3, -0.25) is 0 Å². The molecule has 42 heavy (non-hydrogen) atoms. The summed E-state index contributed by atoms with van der Waals surface area (Å²) in [5.74, 6) is 2.73. The first-order valence-electron chi connectivity index (χ1n) is 15.6. The van der Waals surface area contributed by atoms with Crippen LogP contribution in [0.25, 0.3) is 5.57 Å². The Kier molecular flexibility index (Phi) is 6.19. The van der Waals surface area contributed by atoms with E-state index in [0.29, 0.717) is 17.4 Å². The van der Waals surface area contributed by atoms with Gasteiger partial charge < -0.3 is 9.47 Å². The average molecular weight is 551 g/mol. The van der Waals surface area contributed by atoms with Crippen LogP contribution in [0.5, 0.6) is 0 Å². The highest BCUT2D eigenvalue weighted by atomic mass is 16.5. The second-order valence-electron chi connectivity index (χ2n) is 12.6. The minimum Gasteiger partial charge on any atom is -0.494 e. The highest BCUT2D eigenvalue weighted by Crippen LogP contribution is 2.52. The van der Waals surface area contributed by atoms with Gasteiger partial charge in [0.05, 0.1) is 23.6 Å². The van der Waals surface area contributed by atoms with Crippen molar-refractivity contribution in [2.24, 2.45) is 29.6 Å². The van der Waals surface area contributed by atoms with Crippen molar-refractivity contribution in [3.8, 4) is 12.1 Å². The van der Waals surface area contributed by atoms with Crippen LogP contribution in [0.2, 0.25) is 0 Å². The van der Waals surface area contributed by atoms with Crippen LogP contribution in [-0.4, -0.2) is 12.2 Å². The van der Waals surface area contributed by atoms with Gasteiger partial charge in [-0.05, 0) is 102 Å². The molecule has 1 fully saturated rings. The second kappa shape index (κ2) is 10.2. The maximum atomic E-state index is 10.7. The molecular formula is C38H34N2O2. The predicted octanol–water partition coefficient (Wildman–Crippen LogP) is 8.17. The Labute approximate surface area is 248 Å². The van der Waals surface area contributed by atoms with Crippen molar-refractivity contribution in [1.29, 1.82) is 10.5 Å². The van der Waals surface area contributed by atoms with Crippen LogP contribution >= 0.6 is 0 Å². The first kappa shape index (κ1) is 25.4. The standard InChI is InChI=1S/C38H34N2O2/c39-21-23-7-5-8-24(17-23)31-18-26(27-11-6-14-36-38(27)30-10-2-4-13-35(30)41-36)19-32(33(31)22-40)25-15-16-29-28-9-1-3-12-34(28)42-37(29)20-25/h2-3,5,7-8,10,12,15-20,27,29,32-33,36-38H,1,4,6,9,11,13-14H2. The van der Waals surface area contributed by atoms with Gasteiger partial charge in [0, 0.05) is 24.2 Å². The van der Waals surface area contributed by atoms with Crippen LogP contribution in [-0.2, 0) is 9.47 Å². The SMILES string of the molecule is N#Cc1cccc(C2=CC(C3CCCC4OC5=C(C=CCC5)C43)=CC(C3=CC4OC5=C(CCC=C5)C4C=C3)C2C#N)c1. The molecule has 1 aromatic carbocycles. The molecule has 1 saturated carbocycles. The molecule has 2 aliphatic heterocycles. The molecule has 0 bridgehead atoms. The average Bonchev–Trinajstić information content (AvgIpc) is 3.62. The van der Waals surface area contributed by atoms with Crippen LogP contribution in [0.15, 0.2) is 113 Å². The summed E-state index contributed by atoms with van der Waals surface area (Å²) in [7, 11) is 0. The fourth-order valence-electron chi connectivity index (χ4n) is 8.43. The summed E-state index contributed by atoms with van der Waals surface area (Å²) >= 11 is 0. The highest BCUT2D eigenvalue weighted by molar-refractivity contribution is 5.76. The molecule has 2 heterocycles. The lowest BCUT2D eigenvalue weighted by molar-refractivity contribution is 0.0607. The third kappa shape index (κ3) is 4.08. The van der Waals surface area contributed by atoms with Gasteiger partial charge >= 0.3 is 0 Å². The number of benzene rings is 1. The number of fused-ring (bicyclic) bond motifs is 4. The Morgan fingerprint density at radius 2 is 1.79 bits per heavy atom. The molecule has 0 spiro atoms. The van der Waals surface area contributed by atoms with Gasteiger partial charge in [-0.2, -0.15) is 10.5 Å². The zero-order chi connectivity index (χ0) is 28.2. The molecule has 5 aliphatic carbocycles. The quantitative estimate of drug-likeness (QED) is 0.381. The van der Waals surface area contributed by atoms with Gasteiger partial charge in [-0.1, -0.05) is 54.7 Å². The van der Waals surface area contributed by atoms with E-state index in [1.54, 1.807) is 0 Å². The van der Waals surface area contributed by atoms with Gasteiger partial charge in [0.2, 0.25) is 0 Å². The topological polar surface area (TPSA) is 66.0 Å². The van der Waals surface area contributed by atoms with Crippen molar-refractivity contribution in [2.75, 3.05) is 0 Å². The molecule has 0 radical (unpaired) electrons. The molecule has 0 saturated heterocycles. The van der Waals surface area contributed by atoms with Crippen LogP contribution in [0.4, 0.5) is 0 Å². The molecule has 7 aliphatic rings. The molecule has 4 heteroatoms. The Morgan fingerprint density at radius 3 is 2.69 bits per heavy atom. The van der Waals surface area contributed by atoms with Gasteiger partial charge in [-0.15, -0.1) is 0 Å².